The van der Waals surface area contributed by atoms with E-state index < -0.39 is 0 Å². The fourth-order valence-electron chi connectivity index (χ4n) is 1.78. The highest BCUT2D eigenvalue weighted by Crippen LogP contribution is 2.23. The molecular weight excluding hydrogens is 329 g/mol. The third-order valence-corrected chi connectivity index (χ3v) is 4.39. The molecule has 0 aliphatic rings. The number of nitrogens with zero attached hydrogens (tertiary/aromatic N) is 1. The van der Waals surface area contributed by atoms with E-state index in [-0.39, 0.29) is 12.5 Å². The summed E-state index contributed by atoms with van der Waals surface area (Å²) < 4.78 is 6.27. The second-order valence-corrected chi connectivity index (χ2v) is 6.89. The van der Waals surface area contributed by atoms with Crippen molar-refractivity contribution >= 4 is 40.4 Å². The Labute approximate surface area is 138 Å². The van der Waals surface area contributed by atoms with E-state index >= 15 is 0 Å². The number of carbonyl (C=O) groups excluding carboxylic acids is 1. The molecule has 21 heavy (non-hydrogen) atoms. The third-order valence-electron chi connectivity index (χ3n) is 2.94. The van der Waals surface area contributed by atoms with Gasteiger partial charge >= 0.3 is 0 Å². The summed E-state index contributed by atoms with van der Waals surface area (Å²) in [6, 6.07) is 9.06. The smallest absolute Gasteiger partial charge is 0.260 e. The number of aryl methyl sites for hydroxylation is 1. The summed E-state index contributed by atoms with van der Waals surface area (Å²) >= 11 is 13.2. The first-order chi connectivity index (χ1) is 9.95. The Kier molecular flexibility index (Phi) is 5.51. The van der Waals surface area contributed by atoms with Gasteiger partial charge in [-0.25, -0.2) is 0 Å². The fourth-order valence-corrected chi connectivity index (χ4v) is 3.15. The van der Waals surface area contributed by atoms with Gasteiger partial charge in [-0.3, -0.25) is 4.79 Å². The van der Waals surface area contributed by atoms with Crippen LogP contribution < -0.4 is 4.74 Å². The molecule has 2 aromatic rings. The molecular formula is C15H15Cl2NO2S. The predicted octanol–water partition coefficient (Wildman–Crippen LogP) is 4.40. The first kappa shape index (κ1) is 16.1. The Morgan fingerprint density at radius 3 is 2.67 bits per heavy atom. The van der Waals surface area contributed by atoms with Gasteiger partial charge in [-0.1, -0.05) is 23.2 Å². The largest absolute Gasteiger partial charge is 0.483 e. The van der Waals surface area contributed by atoms with Gasteiger partial charge in [0.25, 0.3) is 5.91 Å². The number of ether oxygens (including phenoxy) is 1. The average Bonchev–Trinajstić information content (AvgIpc) is 2.82. The van der Waals surface area contributed by atoms with Crippen LogP contribution in [0.2, 0.25) is 9.36 Å². The van der Waals surface area contributed by atoms with Crippen LogP contribution in [0.3, 0.4) is 0 Å². The van der Waals surface area contributed by atoms with E-state index in [0.717, 1.165) is 14.8 Å². The van der Waals surface area contributed by atoms with Crippen LogP contribution in [0, 0.1) is 6.92 Å². The van der Waals surface area contributed by atoms with E-state index in [2.05, 4.69) is 0 Å². The minimum absolute atomic E-state index is 0.00190. The topological polar surface area (TPSA) is 29.5 Å². The van der Waals surface area contributed by atoms with Gasteiger partial charge in [0.15, 0.2) is 6.61 Å². The van der Waals surface area contributed by atoms with E-state index in [1.54, 1.807) is 30.1 Å². The van der Waals surface area contributed by atoms with Gasteiger partial charge in [0, 0.05) is 16.9 Å². The molecule has 1 heterocycles. The van der Waals surface area contributed by atoms with Gasteiger partial charge in [0.1, 0.15) is 5.75 Å². The lowest BCUT2D eigenvalue weighted by Crippen LogP contribution is -2.30. The molecule has 112 valence electrons. The molecule has 0 spiro atoms. The Morgan fingerprint density at radius 1 is 1.29 bits per heavy atom. The summed E-state index contributed by atoms with van der Waals surface area (Å²) in [6.07, 6.45) is 0. The van der Waals surface area contributed by atoms with Crippen LogP contribution in [-0.2, 0) is 11.3 Å². The van der Waals surface area contributed by atoms with Crippen molar-refractivity contribution in [3.05, 3.63) is 50.1 Å². The summed E-state index contributed by atoms with van der Waals surface area (Å²) in [7, 11) is 1.74. The van der Waals surface area contributed by atoms with Crippen molar-refractivity contribution in [2.45, 2.75) is 13.5 Å². The molecule has 2 rings (SSSR count). The maximum atomic E-state index is 12.1. The first-order valence-electron chi connectivity index (χ1n) is 6.33. The first-order valence-corrected chi connectivity index (χ1v) is 7.90. The van der Waals surface area contributed by atoms with E-state index in [9.17, 15) is 4.79 Å². The van der Waals surface area contributed by atoms with E-state index in [1.807, 2.05) is 19.1 Å². The number of carbonyl (C=O) groups is 1. The number of hydrogen-bond acceptors (Lipinski definition) is 3. The van der Waals surface area contributed by atoms with Crippen molar-refractivity contribution in [2.75, 3.05) is 13.7 Å². The van der Waals surface area contributed by atoms with Crippen LogP contribution in [-0.4, -0.2) is 24.5 Å². The van der Waals surface area contributed by atoms with Crippen LogP contribution in [0.4, 0.5) is 0 Å². The Hall–Kier alpha value is -1.23. The maximum Gasteiger partial charge on any atom is 0.260 e. The Morgan fingerprint density at radius 2 is 2.05 bits per heavy atom. The number of thiophene rings is 1. The number of likely N-dealkylation sites (N-methyl/N-ethyl adjacent to an activating group) is 1. The highest BCUT2D eigenvalue weighted by atomic mass is 35.5. The van der Waals surface area contributed by atoms with Gasteiger partial charge in [-0.15, -0.1) is 11.3 Å². The molecule has 1 aromatic carbocycles. The molecule has 3 nitrogen and oxygen atoms in total. The molecule has 1 amide bonds. The van der Waals surface area contributed by atoms with Crippen LogP contribution in [0.1, 0.15) is 10.4 Å². The molecule has 0 saturated carbocycles. The summed E-state index contributed by atoms with van der Waals surface area (Å²) in [6.45, 7) is 2.42. The van der Waals surface area contributed by atoms with Gasteiger partial charge in [-0.2, -0.15) is 0 Å². The maximum absolute atomic E-state index is 12.1. The van der Waals surface area contributed by atoms with Gasteiger partial charge in [0.05, 0.1) is 10.9 Å². The molecule has 0 unspecified atom stereocenters. The molecule has 0 saturated heterocycles. The molecule has 6 heteroatoms. The zero-order chi connectivity index (χ0) is 15.4. The Bertz CT molecular complexity index is 642. The fraction of sp³-hybridized carbons (Fsp3) is 0.267. The van der Waals surface area contributed by atoms with Crippen LogP contribution >= 0.6 is 34.5 Å². The summed E-state index contributed by atoms with van der Waals surface area (Å²) in [5.74, 6) is 0.578. The zero-order valence-electron chi connectivity index (χ0n) is 11.7. The van der Waals surface area contributed by atoms with Crippen molar-refractivity contribution in [3.63, 3.8) is 0 Å². The Balaban J connectivity index is 1.89. The molecule has 0 N–H and O–H groups in total. The van der Waals surface area contributed by atoms with Crippen molar-refractivity contribution in [1.29, 1.82) is 0 Å². The number of benzene rings is 1. The van der Waals surface area contributed by atoms with Crippen molar-refractivity contribution in [1.82, 2.24) is 4.90 Å². The van der Waals surface area contributed by atoms with Gasteiger partial charge in [0.2, 0.25) is 0 Å². The van der Waals surface area contributed by atoms with E-state index in [4.69, 9.17) is 27.9 Å². The van der Waals surface area contributed by atoms with Crippen molar-refractivity contribution in [3.8, 4) is 5.75 Å². The normalized spacial score (nSPS) is 10.5. The van der Waals surface area contributed by atoms with E-state index in [1.165, 1.54) is 11.3 Å². The lowest BCUT2D eigenvalue weighted by atomic mass is 10.2. The highest BCUT2D eigenvalue weighted by Gasteiger charge is 2.12. The number of hydrogen-bond donors (Lipinski definition) is 0. The van der Waals surface area contributed by atoms with Crippen molar-refractivity contribution < 1.29 is 9.53 Å². The predicted molar refractivity (Wildman–Crippen MR) is 87.5 cm³/mol. The van der Waals surface area contributed by atoms with Crippen LogP contribution in [0.5, 0.6) is 5.75 Å². The number of amides is 1. The standard InChI is InChI=1S/C15H15Cl2NO2S/c1-10-7-11(16)3-5-13(10)20-9-15(19)18(2)8-12-4-6-14(17)21-12/h3-7H,8-9H2,1-2H3. The molecule has 0 aliphatic carbocycles. The average molecular weight is 344 g/mol. The molecule has 0 fully saturated rings. The molecule has 0 aliphatic heterocycles. The minimum Gasteiger partial charge on any atom is -0.483 e. The molecule has 0 atom stereocenters. The number of rotatable bonds is 5. The van der Waals surface area contributed by atoms with E-state index in [0.29, 0.717) is 17.3 Å². The molecule has 1 aromatic heterocycles. The summed E-state index contributed by atoms with van der Waals surface area (Å²) in [5, 5.41) is 0.651. The number of halogens is 2. The SMILES string of the molecule is Cc1cc(Cl)ccc1OCC(=O)N(C)Cc1ccc(Cl)s1. The van der Waals surface area contributed by atoms with Gasteiger partial charge in [-0.05, 0) is 42.8 Å². The monoisotopic (exact) mass is 343 g/mol. The summed E-state index contributed by atoms with van der Waals surface area (Å²) in [4.78, 5) is 14.7. The lowest BCUT2D eigenvalue weighted by molar-refractivity contribution is -0.132. The lowest BCUT2D eigenvalue weighted by Gasteiger charge is -2.17. The molecule has 0 radical (unpaired) electrons. The van der Waals surface area contributed by atoms with Crippen LogP contribution in [0.15, 0.2) is 30.3 Å². The second kappa shape index (κ2) is 7.16. The van der Waals surface area contributed by atoms with Gasteiger partial charge < -0.3 is 9.64 Å². The zero-order valence-corrected chi connectivity index (χ0v) is 14.1. The van der Waals surface area contributed by atoms with Crippen molar-refractivity contribution in [2.24, 2.45) is 0 Å². The summed E-state index contributed by atoms with van der Waals surface area (Å²) in [5.41, 5.74) is 0.906. The second-order valence-electron chi connectivity index (χ2n) is 4.65. The third kappa shape index (κ3) is 4.63. The molecule has 0 bridgehead atoms. The minimum atomic E-state index is -0.0890. The van der Waals surface area contributed by atoms with Crippen LogP contribution in [0.25, 0.3) is 0 Å². The highest BCUT2D eigenvalue weighted by molar-refractivity contribution is 7.16. The quantitative estimate of drug-likeness (QED) is 0.805.